The van der Waals surface area contributed by atoms with E-state index >= 15 is 0 Å². The molecule has 1 saturated heterocycles. The molecular weight excluding hydrogens is 412 g/mol. The number of nitrogens with one attached hydrogen (secondary N) is 1. The Balaban J connectivity index is 1.56. The van der Waals surface area contributed by atoms with Crippen LogP contribution in [0.4, 0.5) is 20.3 Å². The lowest BCUT2D eigenvalue weighted by molar-refractivity contribution is 0.102. The summed E-state index contributed by atoms with van der Waals surface area (Å²) in [5.41, 5.74) is -0.0674. The number of ether oxygens (including phenoxy) is 1. The van der Waals surface area contributed by atoms with Gasteiger partial charge in [-0.15, -0.1) is 0 Å². The lowest BCUT2D eigenvalue weighted by Gasteiger charge is -2.27. The van der Waals surface area contributed by atoms with Gasteiger partial charge in [-0.25, -0.2) is 18.3 Å². The van der Waals surface area contributed by atoms with Crippen molar-refractivity contribution in [1.29, 1.82) is 0 Å². The lowest BCUT2D eigenvalue weighted by Crippen LogP contribution is -2.36. The molecule has 0 bridgehead atoms. The number of alkyl halides is 2. The van der Waals surface area contributed by atoms with E-state index in [-0.39, 0.29) is 17.9 Å². The standard InChI is InChI=1S/C19H23F2N7O3/c20-17(21)16-14(12-27(25-16)4-1-2-8-29)23-19(30)13-11-22-28-5-3-15(24-18(13)28)26-6-9-31-10-7-26/h3,5,11-12,17,29H,1-2,4,6-10H2,(H,23,30). The number of aliphatic hydroxyl groups is 1. The van der Waals surface area contributed by atoms with Crippen LogP contribution in [0.25, 0.3) is 5.65 Å². The number of anilines is 2. The van der Waals surface area contributed by atoms with E-state index in [1.54, 1.807) is 12.3 Å². The van der Waals surface area contributed by atoms with E-state index in [0.717, 1.165) is 0 Å². The van der Waals surface area contributed by atoms with E-state index in [9.17, 15) is 13.6 Å². The molecule has 0 unspecified atom stereocenters. The molecule has 0 aliphatic carbocycles. The molecule has 3 aromatic heterocycles. The predicted octanol–water partition coefficient (Wildman–Crippen LogP) is 1.72. The number of halogens is 2. The number of hydrogen-bond donors (Lipinski definition) is 2. The fraction of sp³-hybridized carbons (Fsp3) is 0.474. The van der Waals surface area contributed by atoms with Crippen LogP contribution in [-0.2, 0) is 11.3 Å². The van der Waals surface area contributed by atoms with Crippen molar-refractivity contribution < 1.29 is 23.4 Å². The highest BCUT2D eigenvalue weighted by Gasteiger charge is 2.23. The molecule has 1 aliphatic heterocycles. The third-order valence-corrected chi connectivity index (χ3v) is 4.97. The average molecular weight is 435 g/mol. The fourth-order valence-electron chi connectivity index (χ4n) is 3.37. The van der Waals surface area contributed by atoms with Crippen molar-refractivity contribution >= 4 is 23.1 Å². The van der Waals surface area contributed by atoms with Crippen LogP contribution < -0.4 is 10.2 Å². The van der Waals surface area contributed by atoms with E-state index < -0.39 is 18.0 Å². The summed E-state index contributed by atoms with van der Waals surface area (Å²) in [6, 6.07) is 1.80. The number of hydrogen-bond acceptors (Lipinski definition) is 7. The maximum Gasteiger partial charge on any atom is 0.284 e. The molecule has 0 aromatic carbocycles. The maximum atomic E-state index is 13.4. The van der Waals surface area contributed by atoms with E-state index in [4.69, 9.17) is 9.84 Å². The monoisotopic (exact) mass is 435 g/mol. The summed E-state index contributed by atoms with van der Waals surface area (Å²) in [5.74, 6) is 0.0914. The quantitative estimate of drug-likeness (QED) is 0.519. The van der Waals surface area contributed by atoms with Crippen molar-refractivity contribution in [3.63, 3.8) is 0 Å². The SMILES string of the molecule is O=C(Nc1cn(CCCCO)nc1C(F)F)c1cnn2ccc(N3CCOCC3)nc12. The van der Waals surface area contributed by atoms with Gasteiger partial charge in [-0.05, 0) is 18.9 Å². The van der Waals surface area contributed by atoms with Gasteiger partial charge in [0.1, 0.15) is 11.4 Å². The molecular formula is C19H23F2N7O3. The molecule has 1 fully saturated rings. The maximum absolute atomic E-state index is 13.4. The number of morpholine rings is 1. The molecule has 10 nitrogen and oxygen atoms in total. The molecule has 4 rings (SSSR count). The Morgan fingerprint density at radius 1 is 1.29 bits per heavy atom. The Labute approximate surface area is 176 Å². The van der Waals surface area contributed by atoms with Gasteiger partial charge in [0.05, 0.1) is 25.1 Å². The molecule has 3 aromatic rings. The van der Waals surface area contributed by atoms with Crippen molar-refractivity contribution in [3.8, 4) is 0 Å². The highest BCUT2D eigenvalue weighted by molar-refractivity contribution is 6.08. The molecule has 2 N–H and O–H groups in total. The first-order valence-electron chi connectivity index (χ1n) is 10.0. The second-order valence-electron chi connectivity index (χ2n) is 7.09. The third-order valence-electron chi connectivity index (χ3n) is 4.97. The normalized spacial score (nSPS) is 14.5. The van der Waals surface area contributed by atoms with Crippen LogP contribution >= 0.6 is 0 Å². The van der Waals surface area contributed by atoms with Gasteiger partial charge in [0.15, 0.2) is 11.3 Å². The second-order valence-corrected chi connectivity index (χ2v) is 7.09. The predicted molar refractivity (Wildman–Crippen MR) is 107 cm³/mol. The van der Waals surface area contributed by atoms with Crippen molar-refractivity contribution in [1.82, 2.24) is 24.4 Å². The Morgan fingerprint density at radius 3 is 2.84 bits per heavy atom. The molecule has 0 spiro atoms. The molecule has 0 radical (unpaired) electrons. The Kier molecular flexibility index (Phi) is 6.37. The molecule has 4 heterocycles. The highest BCUT2D eigenvalue weighted by atomic mass is 19.3. The van der Waals surface area contributed by atoms with Crippen LogP contribution in [0.3, 0.4) is 0 Å². The first-order chi connectivity index (χ1) is 15.1. The van der Waals surface area contributed by atoms with Gasteiger partial charge in [0.25, 0.3) is 12.3 Å². The van der Waals surface area contributed by atoms with Crippen LogP contribution in [0.2, 0.25) is 0 Å². The summed E-state index contributed by atoms with van der Waals surface area (Å²) in [4.78, 5) is 19.5. The average Bonchev–Trinajstić information content (AvgIpc) is 3.38. The van der Waals surface area contributed by atoms with Crippen LogP contribution in [-0.4, -0.2) is 68.3 Å². The number of carbonyl (C=O) groups is 1. The van der Waals surface area contributed by atoms with Crippen molar-refractivity contribution in [2.24, 2.45) is 0 Å². The molecule has 1 aliphatic rings. The second kappa shape index (κ2) is 9.35. The zero-order valence-corrected chi connectivity index (χ0v) is 16.7. The minimum Gasteiger partial charge on any atom is -0.396 e. The van der Waals surface area contributed by atoms with Crippen LogP contribution in [0.1, 0.15) is 35.3 Å². The number of carbonyl (C=O) groups excluding carboxylic acids is 1. The number of rotatable bonds is 8. The number of aromatic nitrogens is 5. The summed E-state index contributed by atoms with van der Waals surface area (Å²) < 4.78 is 35.0. The molecule has 1 amide bonds. The lowest BCUT2D eigenvalue weighted by atomic mass is 10.3. The topological polar surface area (TPSA) is 110 Å². The first-order valence-corrected chi connectivity index (χ1v) is 10.0. The van der Waals surface area contributed by atoms with E-state index in [0.29, 0.717) is 57.2 Å². The molecule has 12 heteroatoms. The number of fused-ring (bicyclic) bond motifs is 1. The summed E-state index contributed by atoms with van der Waals surface area (Å²) >= 11 is 0. The number of aryl methyl sites for hydroxylation is 1. The summed E-state index contributed by atoms with van der Waals surface area (Å²) in [6.45, 7) is 2.94. The summed E-state index contributed by atoms with van der Waals surface area (Å²) in [6.07, 6.45) is 2.70. The molecule has 0 atom stereocenters. The van der Waals surface area contributed by atoms with Crippen molar-refractivity contribution in [2.75, 3.05) is 43.1 Å². The summed E-state index contributed by atoms with van der Waals surface area (Å²) in [7, 11) is 0. The van der Waals surface area contributed by atoms with E-state index in [1.165, 1.54) is 21.6 Å². The van der Waals surface area contributed by atoms with Crippen LogP contribution in [0, 0.1) is 0 Å². The Hall–Kier alpha value is -3.12. The Morgan fingerprint density at radius 2 is 2.10 bits per heavy atom. The summed E-state index contributed by atoms with van der Waals surface area (Å²) in [5, 5.41) is 19.4. The van der Waals surface area contributed by atoms with E-state index in [2.05, 4.69) is 20.5 Å². The highest BCUT2D eigenvalue weighted by Crippen LogP contribution is 2.26. The first kappa shape index (κ1) is 21.1. The van der Waals surface area contributed by atoms with Gasteiger partial charge in [0.2, 0.25) is 0 Å². The number of unbranched alkanes of at least 4 members (excludes halogenated alkanes) is 1. The number of nitrogens with zero attached hydrogens (tertiary/aromatic N) is 6. The molecule has 31 heavy (non-hydrogen) atoms. The van der Waals surface area contributed by atoms with Crippen LogP contribution in [0.15, 0.2) is 24.7 Å². The van der Waals surface area contributed by atoms with Crippen molar-refractivity contribution in [2.45, 2.75) is 25.8 Å². The molecule has 0 saturated carbocycles. The van der Waals surface area contributed by atoms with Gasteiger partial charge >= 0.3 is 0 Å². The van der Waals surface area contributed by atoms with Gasteiger partial charge < -0.3 is 20.1 Å². The fourth-order valence-corrected chi connectivity index (χ4v) is 3.37. The largest absolute Gasteiger partial charge is 0.396 e. The van der Waals surface area contributed by atoms with Gasteiger partial charge in [0, 0.05) is 38.6 Å². The van der Waals surface area contributed by atoms with Gasteiger partial charge in [-0.2, -0.15) is 10.2 Å². The zero-order chi connectivity index (χ0) is 21.8. The van der Waals surface area contributed by atoms with Crippen molar-refractivity contribution in [3.05, 3.63) is 35.9 Å². The van der Waals surface area contributed by atoms with Gasteiger partial charge in [-0.3, -0.25) is 9.48 Å². The van der Waals surface area contributed by atoms with Crippen LogP contribution in [0.5, 0.6) is 0 Å². The third kappa shape index (κ3) is 4.64. The minimum atomic E-state index is -2.84. The number of amides is 1. The Bertz CT molecular complexity index is 1050. The molecule has 166 valence electrons. The smallest absolute Gasteiger partial charge is 0.284 e. The zero-order valence-electron chi connectivity index (χ0n) is 16.7. The van der Waals surface area contributed by atoms with Gasteiger partial charge in [-0.1, -0.05) is 0 Å². The minimum absolute atomic E-state index is 0.0146. The number of aliphatic hydroxyl groups excluding tert-OH is 1. The van der Waals surface area contributed by atoms with E-state index in [1.807, 2.05) is 4.90 Å².